The molecule has 0 aliphatic carbocycles. The molecule has 2 fully saturated rings. The van der Waals surface area contributed by atoms with E-state index in [-0.39, 0.29) is 6.04 Å². The fourth-order valence-electron chi connectivity index (χ4n) is 4.28. The molecule has 16 heteroatoms. The molecule has 40 heavy (non-hydrogen) atoms. The van der Waals surface area contributed by atoms with Crippen LogP contribution in [0.25, 0.3) is 5.65 Å². The van der Waals surface area contributed by atoms with Gasteiger partial charge in [0.15, 0.2) is 5.65 Å². The summed E-state index contributed by atoms with van der Waals surface area (Å²) in [6.07, 6.45) is 0.159. The highest BCUT2D eigenvalue weighted by Crippen LogP contribution is 2.32. The van der Waals surface area contributed by atoms with Crippen LogP contribution in [0.3, 0.4) is 0 Å². The number of fused-ring (bicyclic) bond motifs is 1. The van der Waals surface area contributed by atoms with Gasteiger partial charge in [0, 0.05) is 49.0 Å². The number of alkyl halides is 3. The van der Waals surface area contributed by atoms with Crippen LogP contribution in [0.1, 0.15) is 23.2 Å². The molecular formula is C24H26BrF4N7O4. The number of piperidine rings is 1. The van der Waals surface area contributed by atoms with Crippen LogP contribution >= 0.6 is 15.9 Å². The molecule has 0 unspecified atom stereocenters. The summed E-state index contributed by atoms with van der Waals surface area (Å²) < 4.78 is 54.1. The third kappa shape index (κ3) is 6.98. The Labute approximate surface area is 234 Å². The van der Waals surface area contributed by atoms with E-state index < -0.39 is 23.9 Å². The predicted molar refractivity (Wildman–Crippen MR) is 141 cm³/mol. The summed E-state index contributed by atoms with van der Waals surface area (Å²) in [5.41, 5.74) is 7.67. The number of hydrogen-bond donors (Lipinski definition) is 3. The van der Waals surface area contributed by atoms with Crippen molar-refractivity contribution in [1.82, 2.24) is 14.6 Å². The molecule has 1 amide bonds. The topological polar surface area (TPSA) is 138 Å². The normalized spacial score (nSPS) is 17.8. The zero-order chi connectivity index (χ0) is 29.0. The highest BCUT2D eigenvalue weighted by atomic mass is 79.9. The molecule has 1 aromatic carbocycles. The lowest BCUT2D eigenvalue weighted by Gasteiger charge is -2.31. The second kappa shape index (κ2) is 12.3. The summed E-state index contributed by atoms with van der Waals surface area (Å²) in [6.45, 7) is 3.95. The van der Waals surface area contributed by atoms with Crippen LogP contribution < -0.4 is 20.9 Å². The van der Waals surface area contributed by atoms with Crippen molar-refractivity contribution in [2.24, 2.45) is 5.73 Å². The molecule has 5 rings (SSSR count). The van der Waals surface area contributed by atoms with Crippen LogP contribution in [0.15, 0.2) is 35.1 Å². The Morgan fingerprint density at radius 2 is 1.88 bits per heavy atom. The van der Waals surface area contributed by atoms with E-state index in [1.165, 1.54) is 12.3 Å². The second-order valence-corrected chi connectivity index (χ2v) is 9.95. The molecule has 1 atom stereocenters. The van der Waals surface area contributed by atoms with Crippen LogP contribution in [-0.4, -0.2) is 83.2 Å². The molecule has 11 nitrogen and oxygen atoms in total. The van der Waals surface area contributed by atoms with E-state index >= 15 is 0 Å². The molecule has 0 radical (unpaired) electrons. The number of amides is 1. The number of halogens is 5. The number of carboxylic acid groups (broad SMARTS) is 1. The lowest BCUT2D eigenvalue weighted by molar-refractivity contribution is -0.192. The van der Waals surface area contributed by atoms with Gasteiger partial charge >= 0.3 is 12.1 Å². The number of carbonyl (C=O) groups is 2. The number of rotatable bonds is 4. The number of carboxylic acids is 1. The first-order valence-electron chi connectivity index (χ1n) is 12.2. The zero-order valence-corrected chi connectivity index (χ0v) is 22.6. The first kappa shape index (κ1) is 29.5. The van der Waals surface area contributed by atoms with Gasteiger partial charge in [-0.2, -0.15) is 18.3 Å². The van der Waals surface area contributed by atoms with Crippen molar-refractivity contribution in [3.05, 3.63) is 46.4 Å². The molecular weight excluding hydrogens is 606 g/mol. The molecule has 216 valence electrons. The molecule has 0 bridgehead atoms. The average Bonchev–Trinajstić information content (AvgIpc) is 3.34. The molecule has 0 spiro atoms. The fourth-order valence-corrected chi connectivity index (χ4v) is 4.71. The van der Waals surface area contributed by atoms with Gasteiger partial charge in [-0.1, -0.05) is 0 Å². The number of ether oxygens (including phenoxy) is 1. The lowest BCUT2D eigenvalue weighted by Crippen LogP contribution is -2.43. The maximum Gasteiger partial charge on any atom is 0.490 e. The number of aromatic nitrogens is 3. The summed E-state index contributed by atoms with van der Waals surface area (Å²) in [4.78, 5) is 30.7. The summed E-state index contributed by atoms with van der Waals surface area (Å²) in [6, 6.07) is 4.99. The highest BCUT2D eigenvalue weighted by molar-refractivity contribution is 9.10. The third-order valence-electron chi connectivity index (χ3n) is 6.26. The summed E-state index contributed by atoms with van der Waals surface area (Å²) in [5, 5.41) is 14.2. The molecule has 2 aromatic heterocycles. The van der Waals surface area contributed by atoms with Gasteiger partial charge in [-0.3, -0.25) is 4.79 Å². The number of benzene rings is 1. The van der Waals surface area contributed by atoms with Gasteiger partial charge in [0.25, 0.3) is 5.91 Å². The first-order valence-corrected chi connectivity index (χ1v) is 13.0. The molecule has 2 aliphatic rings. The Morgan fingerprint density at radius 3 is 2.52 bits per heavy atom. The zero-order valence-electron chi connectivity index (χ0n) is 21.0. The van der Waals surface area contributed by atoms with Gasteiger partial charge in [-0.05, 0) is 40.9 Å². The van der Waals surface area contributed by atoms with Crippen LogP contribution in [-0.2, 0) is 9.53 Å². The average molecular weight is 632 g/mol. The van der Waals surface area contributed by atoms with Gasteiger partial charge in [0.2, 0.25) is 0 Å². The van der Waals surface area contributed by atoms with E-state index in [2.05, 4.69) is 36.2 Å². The Morgan fingerprint density at radius 1 is 1.18 bits per heavy atom. The number of hydrogen-bond acceptors (Lipinski definition) is 8. The number of carbonyl (C=O) groups excluding carboxylic acids is 1. The monoisotopic (exact) mass is 631 g/mol. The number of nitrogens with one attached hydrogen (secondary N) is 1. The van der Waals surface area contributed by atoms with Crippen molar-refractivity contribution in [2.45, 2.75) is 25.1 Å². The van der Waals surface area contributed by atoms with Crippen LogP contribution in [0.5, 0.6) is 0 Å². The SMILES string of the molecule is N[C@@H]1CCCN(c2ccn3ncc(C(=O)Nc4cc(F)c(N5CCOCC5)cc4Br)c3n2)C1.O=C(O)C(F)(F)F. The van der Waals surface area contributed by atoms with Crippen molar-refractivity contribution < 1.29 is 37.0 Å². The number of nitrogens with two attached hydrogens (primary N) is 1. The molecule has 2 saturated heterocycles. The molecule has 4 N–H and O–H groups in total. The molecule has 2 aliphatic heterocycles. The van der Waals surface area contributed by atoms with Crippen molar-refractivity contribution in [2.75, 3.05) is 54.5 Å². The Bertz CT molecular complexity index is 1380. The number of morpholine rings is 1. The van der Waals surface area contributed by atoms with Crippen molar-refractivity contribution in [3.8, 4) is 0 Å². The predicted octanol–water partition coefficient (Wildman–Crippen LogP) is 3.28. The van der Waals surface area contributed by atoms with Gasteiger partial charge in [0.05, 0.1) is 30.8 Å². The highest BCUT2D eigenvalue weighted by Gasteiger charge is 2.38. The largest absolute Gasteiger partial charge is 0.490 e. The minimum absolute atomic E-state index is 0.108. The number of aliphatic carboxylic acids is 1. The Hall–Kier alpha value is -3.50. The maximum atomic E-state index is 14.9. The quantitative estimate of drug-likeness (QED) is 0.370. The van der Waals surface area contributed by atoms with Gasteiger partial charge in [-0.25, -0.2) is 18.7 Å². The minimum atomic E-state index is -5.08. The summed E-state index contributed by atoms with van der Waals surface area (Å²) >= 11 is 3.46. The van der Waals surface area contributed by atoms with Crippen molar-refractivity contribution in [1.29, 1.82) is 0 Å². The Kier molecular flexibility index (Phi) is 9.10. The summed E-state index contributed by atoms with van der Waals surface area (Å²) in [7, 11) is 0. The molecule has 0 saturated carbocycles. The summed E-state index contributed by atoms with van der Waals surface area (Å²) in [5.74, 6) is -2.82. The van der Waals surface area contributed by atoms with Crippen LogP contribution in [0.2, 0.25) is 0 Å². The van der Waals surface area contributed by atoms with Gasteiger partial charge < -0.3 is 30.7 Å². The van der Waals surface area contributed by atoms with Crippen molar-refractivity contribution in [3.63, 3.8) is 0 Å². The van der Waals surface area contributed by atoms with E-state index in [1.54, 1.807) is 16.8 Å². The third-order valence-corrected chi connectivity index (χ3v) is 6.92. The fraction of sp³-hybridized carbons (Fsp3) is 0.417. The minimum Gasteiger partial charge on any atom is -0.475 e. The first-order chi connectivity index (χ1) is 18.9. The van der Waals surface area contributed by atoms with Crippen molar-refractivity contribution >= 4 is 50.6 Å². The molecule has 3 aromatic rings. The maximum absolute atomic E-state index is 14.9. The van der Waals surface area contributed by atoms with E-state index in [0.717, 1.165) is 31.7 Å². The number of nitrogens with zero attached hydrogens (tertiary/aromatic N) is 5. The van der Waals surface area contributed by atoms with Gasteiger partial charge in [-0.15, -0.1) is 0 Å². The standard InChI is InChI=1S/C22H25BrFN7O2.C2HF3O2/c23-16-10-19(29-6-8-33-9-7-29)17(24)11-18(16)27-22(32)15-12-26-31-5-3-20(28-21(15)31)30-4-1-2-14(25)13-30;3-2(4,5)1(6)7/h3,5,10-12,14H,1-2,4,6-9,13,25H2,(H,27,32);(H,6,7)/t14-;/m1./s1. The van der Waals surface area contributed by atoms with E-state index in [0.29, 0.717) is 53.4 Å². The lowest BCUT2D eigenvalue weighted by atomic mass is 10.1. The van der Waals surface area contributed by atoms with Crippen LogP contribution in [0.4, 0.5) is 34.8 Å². The van der Waals surface area contributed by atoms with E-state index in [9.17, 15) is 22.4 Å². The van der Waals surface area contributed by atoms with Crippen LogP contribution in [0, 0.1) is 5.82 Å². The smallest absolute Gasteiger partial charge is 0.475 e. The van der Waals surface area contributed by atoms with E-state index in [1.807, 2.05) is 11.0 Å². The molecule has 4 heterocycles. The second-order valence-electron chi connectivity index (χ2n) is 9.10. The Balaban J connectivity index is 0.000000470. The number of anilines is 3. The van der Waals surface area contributed by atoms with E-state index in [4.69, 9.17) is 20.4 Å². The van der Waals surface area contributed by atoms with Gasteiger partial charge in [0.1, 0.15) is 17.2 Å².